The second-order valence-corrected chi connectivity index (χ2v) is 5.56. The highest BCUT2D eigenvalue weighted by Gasteiger charge is 2.29. The van der Waals surface area contributed by atoms with Crippen LogP contribution in [0.15, 0.2) is 24.3 Å². The summed E-state index contributed by atoms with van der Waals surface area (Å²) in [5, 5.41) is 3.88. The van der Waals surface area contributed by atoms with Gasteiger partial charge in [0.15, 0.2) is 0 Å². The fraction of sp³-hybridized carbons (Fsp3) is 0.500. The molecule has 0 saturated carbocycles. The molecule has 4 heteroatoms. The minimum Gasteiger partial charge on any atom is -0.379 e. The molecule has 1 fully saturated rings. The van der Waals surface area contributed by atoms with Crippen molar-refractivity contribution in [3.8, 4) is 0 Å². The van der Waals surface area contributed by atoms with E-state index in [-0.39, 0.29) is 11.4 Å². The lowest BCUT2D eigenvalue weighted by Gasteiger charge is -2.34. The number of nitrogens with one attached hydrogen (secondary N) is 1. The third-order valence-electron chi connectivity index (χ3n) is 3.22. The zero-order valence-electron chi connectivity index (χ0n) is 10.5. The van der Waals surface area contributed by atoms with Crippen LogP contribution in [0.25, 0.3) is 0 Å². The average molecular weight is 312 g/mol. The maximum Gasteiger partial charge on any atom is 0.251 e. The molecule has 0 spiro atoms. The third kappa shape index (κ3) is 3.33. The lowest BCUT2D eigenvalue weighted by Crippen LogP contribution is -2.51. The number of carbonyl (C=O) groups excluding carboxylic acids is 1. The molecule has 1 atom stereocenters. The van der Waals surface area contributed by atoms with Crippen LogP contribution in [0.4, 0.5) is 0 Å². The van der Waals surface area contributed by atoms with Gasteiger partial charge in [-0.05, 0) is 37.5 Å². The minimum atomic E-state index is -0.233. The first-order valence-electron chi connectivity index (χ1n) is 6.18. The number of amides is 1. The van der Waals surface area contributed by atoms with Gasteiger partial charge in [-0.3, -0.25) is 4.79 Å². The maximum atomic E-state index is 12.1. The van der Waals surface area contributed by atoms with Crippen LogP contribution >= 0.6 is 15.9 Å². The molecule has 0 bridgehead atoms. The summed E-state index contributed by atoms with van der Waals surface area (Å²) in [6.07, 6.45) is 1.97. The maximum absolute atomic E-state index is 12.1. The second-order valence-electron chi connectivity index (χ2n) is 5.00. The molecular formula is C14H18BrNO2. The first kappa shape index (κ1) is 13.6. The van der Waals surface area contributed by atoms with Gasteiger partial charge in [-0.25, -0.2) is 0 Å². The summed E-state index contributed by atoms with van der Waals surface area (Å²) in [4.78, 5) is 12.1. The zero-order chi connectivity index (χ0) is 13.0. The van der Waals surface area contributed by atoms with Crippen LogP contribution in [-0.4, -0.2) is 24.7 Å². The quantitative estimate of drug-likeness (QED) is 0.872. The highest BCUT2D eigenvalue weighted by molar-refractivity contribution is 9.08. The minimum absolute atomic E-state index is 0.0240. The molecule has 98 valence electrons. The van der Waals surface area contributed by atoms with Crippen LogP contribution in [0.3, 0.4) is 0 Å². The predicted molar refractivity (Wildman–Crippen MR) is 75.0 cm³/mol. The number of alkyl halides is 1. The van der Waals surface area contributed by atoms with Crippen molar-refractivity contribution in [3.63, 3.8) is 0 Å². The first-order chi connectivity index (χ1) is 8.63. The van der Waals surface area contributed by atoms with Crippen molar-refractivity contribution in [1.82, 2.24) is 5.32 Å². The number of hydrogen-bond acceptors (Lipinski definition) is 2. The summed E-state index contributed by atoms with van der Waals surface area (Å²) in [6, 6.07) is 7.64. The van der Waals surface area contributed by atoms with E-state index in [0.717, 1.165) is 24.8 Å². The van der Waals surface area contributed by atoms with E-state index in [9.17, 15) is 4.79 Å². The van der Waals surface area contributed by atoms with Gasteiger partial charge in [0.05, 0.1) is 12.1 Å². The Labute approximate surface area is 116 Å². The Hall–Kier alpha value is -0.870. The molecule has 1 aromatic rings. The van der Waals surface area contributed by atoms with E-state index in [4.69, 9.17) is 4.74 Å². The Morgan fingerprint density at radius 3 is 2.72 bits per heavy atom. The number of halogens is 1. The fourth-order valence-electron chi connectivity index (χ4n) is 2.12. The van der Waals surface area contributed by atoms with Gasteiger partial charge < -0.3 is 10.1 Å². The smallest absolute Gasteiger partial charge is 0.251 e. The van der Waals surface area contributed by atoms with Crippen LogP contribution in [0.1, 0.15) is 35.7 Å². The number of hydrogen-bond donors (Lipinski definition) is 1. The predicted octanol–water partition coefficient (Wildman–Crippen LogP) is 2.88. The van der Waals surface area contributed by atoms with Crippen molar-refractivity contribution in [3.05, 3.63) is 35.4 Å². The Kier molecular flexibility index (Phi) is 4.40. The van der Waals surface area contributed by atoms with Crippen LogP contribution in [0.2, 0.25) is 0 Å². The summed E-state index contributed by atoms with van der Waals surface area (Å²) in [7, 11) is 0. The monoisotopic (exact) mass is 311 g/mol. The Bertz CT molecular complexity index is 410. The molecule has 1 heterocycles. The van der Waals surface area contributed by atoms with Crippen LogP contribution < -0.4 is 5.32 Å². The van der Waals surface area contributed by atoms with E-state index in [1.807, 2.05) is 31.2 Å². The molecule has 0 aromatic heterocycles. The lowest BCUT2D eigenvalue weighted by atomic mass is 9.94. The zero-order valence-corrected chi connectivity index (χ0v) is 12.1. The average Bonchev–Trinajstić information content (AvgIpc) is 2.39. The van der Waals surface area contributed by atoms with E-state index < -0.39 is 0 Å². The summed E-state index contributed by atoms with van der Waals surface area (Å²) < 4.78 is 5.44. The summed E-state index contributed by atoms with van der Waals surface area (Å²) in [6.45, 7) is 3.43. The number of ether oxygens (including phenoxy) is 1. The van der Waals surface area contributed by atoms with E-state index in [0.29, 0.717) is 12.2 Å². The standard InChI is InChI=1S/C14H18BrNO2/c1-14(7-2-8-18-10-14)16-13(17)12-5-3-11(9-15)4-6-12/h3-6H,2,7-10H2,1H3,(H,16,17). The summed E-state index contributed by atoms with van der Waals surface area (Å²) in [5.41, 5.74) is 1.63. The number of carbonyl (C=O) groups is 1. The molecule has 1 aliphatic heterocycles. The third-order valence-corrected chi connectivity index (χ3v) is 3.87. The molecule has 0 radical (unpaired) electrons. The normalized spacial score (nSPS) is 23.7. The van der Waals surface area contributed by atoms with Gasteiger partial charge in [0.2, 0.25) is 0 Å². The Morgan fingerprint density at radius 1 is 1.44 bits per heavy atom. The van der Waals surface area contributed by atoms with E-state index in [1.54, 1.807) is 0 Å². The van der Waals surface area contributed by atoms with Crippen molar-refractivity contribution < 1.29 is 9.53 Å². The van der Waals surface area contributed by atoms with Crippen molar-refractivity contribution >= 4 is 21.8 Å². The Balaban J connectivity index is 2.02. The van der Waals surface area contributed by atoms with Crippen LogP contribution in [-0.2, 0) is 10.1 Å². The molecule has 0 aliphatic carbocycles. The topological polar surface area (TPSA) is 38.3 Å². The van der Waals surface area contributed by atoms with Crippen molar-refractivity contribution in [2.24, 2.45) is 0 Å². The molecule has 2 rings (SSSR count). The van der Waals surface area contributed by atoms with E-state index in [2.05, 4.69) is 21.2 Å². The molecule has 1 unspecified atom stereocenters. The molecule has 1 aliphatic rings. The van der Waals surface area contributed by atoms with Gasteiger partial charge in [-0.1, -0.05) is 28.1 Å². The molecule has 1 saturated heterocycles. The van der Waals surface area contributed by atoms with Crippen LogP contribution in [0, 0.1) is 0 Å². The van der Waals surface area contributed by atoms with Crippen molar-refractivity contribution in [1.29, 1.82) is 0 Å². The molecule has 1 N–H and O–H groups in total. The molecule has 1 amide bonds. The lowest BCUT2D eigenvalue weighted by molar-refractivity contribution is 0.0272. The van der Waals surface area contributed by atoms with E-state index in [1.165, 1.54) is 5.56 Å². The van der Waals surface area contributed by atoms with Gasteiger partial charge in [0, 0.05) is 17.5 Å². The van der Waals surface area contributed by atoms with Gasteiger partial charge in [-0.15, -0.1) is 0 Å². The molecule has 3 nitrogen and oxygen atoms in total. The van der Waals surface area contributed by atoms with Crippen molar-refractivity contribution in [2.75, 3.05) is 13.2 Å². The highest BCUT2D eigenvalue weighted by Crippen LogP contribution is 2.19. The van der Waals surface area contributed by atoms with E-state index >= 15 is 0 Å². The fourth-order valence-corrected chi connectivity index (χ4v) is 2.50. The SMILES string of the molecule is CC1(NC(=O)c2ccc(CBr)cc2)CCCOC1. The summed E-state index contributed by atoms with van der Waals surface area (Å²) in [5.74, 6) is -0.0240. The Morgan fingerprint density at radius 2 is 2.17 bits per heavy atom. The van der Waals surface area contributed by atoms with Crippen LogP contribution in [0.5, 0.6) is 0 Å². The molecular weight excluding hydrogens is 294 g/mol. The van der Waals surface area contributed by atoms with Gasteiger partial charge in [-0.2, -0.15) is 0 Å². The van der Waals surface area contributed by atoms with Gasteiger partial charge in [0.1, 0.15) is 0 Å². The number of rotatable bonds is 3. The first-order valence-corrected chi connectivity index (χ1v) is 7.30. The largest absolute Gasteiger partial charge is 0.379 e. The number of benzene rings is 1. The summed E-state index contributed by atoms with van der Waals surface area (Å²) >= 11 is 3.39. The second kappa shape index (κ2) is 5.85. The molecule has 1 aromatic carbocycles. The molecule has 18 heavy (non-hydrogen) atoms. The van der Waals surface area contributed by atoms with Gasteiger partial charge in [0.25, 0.3) is 5.91 Å². The highest BCUT2D eigenvalue weighted by atomic mass is 79.9. The van der Waals surface area contributed by atoms with Gasteiger partial charge >= 0.3 is 0 Å². The van der Waals surface area contributed by atoms with Crippen molar-refractivity contribution in [2.45, 2.75) is 30.6 Å².